The van der Waals surface area contributed by atoms with Crippen molar-refractivity contribution in [3.8, 4) is 44.5 Å². The van der Waals surface area contributed by atoms with Gasteiger partial charge in [-0.25, -0.2) is 0 Å². The molecule has 13 rings (SSSR count). The van der Waals surface area contributed by atoms with Crippen LogP contribution in [0.3, 0.4) is 0 Å². The van der Waals surface area contributed by atoms with Crippen LogP contribution in [0.5, 0.6) is 0 Å². The Morgan fingerprint density at radius 2 is 0.638 bits per heavy atom. The summed E-state index contributed by atoms with van der Waals surface area (Å²) in [6, 6.07) is 77.4. The minimum Gasteiger partial charge on any atom is -0.309 e. The second-order valence-electron chi connectivity index (χ2n) is 16.2. The van der Waals surface area contributed by atoms with Crippen LogP contribution in [-0.2, 0) is 0 Å². The van der Waals surface area contributed by atoms with Gasteiger partial charge >= 0.3 is 0 Å². The lowest BCUT2D eigenvalue weighted by Crippen LogP contribution is -2.25. The SMILES string of the molecule is c1ccc(-c2ccccc2C2c3ccccc3C3c4ccccc4-c4c3c2c2c3c4N(c4ccccc4-c4ccccc4)c4ccccc4C3c3ccccc3-2)cc1. The zero-order valence-corrected chi connectivity index (χ0v) is 31.8. The van der Waals surface area contributed by atoms with E-state index in [-0.39, 0.29) is 17.8 Å². The van der Waals surface area contributed by atoms with Gasteiger partial charge in [-0.3, -0.25) is 0 Å². The van der Waals surface area contributed by atoms with Crippen LogP contribution in [0.4, 0.5) is 17.1 Å². The van der Waals surface area contributed by atoms with Crippen molar-refractivity contribution in [1.82, 2.24) is 0 Å². The normalized spacial score (nSPS) is 17.1. The Morgan fingerprint density at radius 3 is 1.24 bits per heavy atom. The summed E-state index contributed by atoms with van der Waals surface area (Å²) in [5, 5.41) is 0. The van der Waals surface area contributed by atoms with Gasteiger partial charge in [-0.2, -0.15) is 0 Å². The maximum absolute atomic E-state index is 2.65. The summed E-state index contributed by atoms with van der Waals surface area (Å²) >= 11 is 0. The Morgan fingerprint density at radius 1 is 0.259 bits per heavy atom. The molecule has 1 aliphatic heterocycles. The Bertz CT molecular complexity index is 2930. The third-order valence-electron chi connectivity index (χ3n) is 13.5. The van der Waals surface area contributed by atoms with Crippen molar-refractivity contribution in [3.05, 3.63) is 256 Å². The molecule has 58 heavy (non-hydrogen) atoms. The van der Waals surface area contributed by atoms with Gasteiger partial charge in [-0.1, -0.05) is 194 Å². The first-order valence-corrected chi connectivity index (χ1v) is 20.6. The molecule has 3 unspecified atom stereocenters. The van der Waals surface area contributed by atoms with E-state index in [1.165, 1.54) is 112 Å². The zero-order valence-electron chi connectivity index (χ0n) is 31.8. The summed E-state index contributed by atoms with van der Waals surface area (Å²) in [5.41, 5.74) is 27.1. The molecule has 1 heterocycles. The molecule has 0 spiro atoms. The molecular formula is C57H37N. The molecule has 0 fully saturated rings. The summed E-state index contributed by atoms with van der Waals surface area (Å²) in [6.07, 6.45) is 0. The predicted octanol–water partition coefficient (Wildman–Crippen LogP) is 14.6. The first kappa shape index (κ1) is 31.9. The Hall–Kier alpha value is -7.22. The topological polar surface area (TPSA) is 3.24 Å². The fourth-order valence-electron chi connectivity index (χ4n) is 11.4. The van der Waals surface area contributed by atoms with Gasteiger partial charge in [0.2, 0.25) is 0 Å². The van der Waals surface area contributed by atoms with Gasteiger partial charge < -0.3 is 4.90 Å². The molecule has 1 nitrogen and oxygen atoms in total. The van der Waals surface area contributed by atoms with Crippen molar-refractivity contribution in [2.45, 2.75) is 17.8 Å². The molecule has 3 aliphatic carbocycles. The van der Waals surface area contributed by atoms with Crippen LogP contribution in [0.2, 0.25) is 0 Å². The first-order chi connectivity index (χ1) is 28.9. The van der Waals surface area contributed by atoms with Crippen LogP contribution < -0.4 is 4.90 Å². The quantitative estimate of drug-likeness (QED) is 0.174. The second kappa shape index (κ2) is 12.1. The van der Waals surface area contributed by atoms with Gasteiger partial charge in [0, 0.05) is 28.9 Å². The lowest BCUT2D eigenvalue weighted by atomic mass is 9.66. The van der Waals surface area contributed by atoms with Gasteiger partial charge in [-0.05, 0) is 95.6 Å². The Balaban J connectivity index is 1.23. The highest BCUT2D eigenvalue weighted by molar-refractivity contribution is 6.08. The van der Waals surface area contributed by atoms with E-state index in [0.717, 1.165) is 0 Å². The largest absolute Gasteiger partial charge is 0.309 e. The molecule has 1 heteroatoms. The highest BCUT2D eigenvalue weighted by atomic mass is 15.2. The number of rotatable bonds is 4. The lowest BCUT2D eigenvalue weighted by Gasteiger charge is -2.42. The fourth-order valence-corrected chi connectivity index (χ4v) is 11.4. The highest BCUT2D eigenvalue weighted by Crippen LogP contribution is 2.70. The smallest absolute Gasteiger partial charge is 0.0591 e. The summed E-state index contributed by atoms with van der Waals surface area (Å²) < 4.78 is 0. The van der Waals surface area contributed by atoms with E-state index in [9.17, 15) is 0 Å². The third-order valence-corrected chi connectivity index (χ3v) is 13.5. The second-order valence-corrected chi connectivity index (χ2v) is 16.2. The molecule has 270 valence electrons. The molecule has 0 N–H and O–H groups in total. The molecule has 0 saturated carbocycles. The van der Waals surface area contributed by atoms with E-state index >= 15 is 0 Å². The van der Waals surface area contributed by atoms with Crippen LogP contribution >= 0.6 is 0 Å². The van der Waals surface area contributed by atoms with Crippen molar-refractivity contribution in [3.63, 3.8) is 0 Å². The van der Waals surface area contributed by atoms with Crippen molar-refractivity contribution in [2.24, 2.45) is 0 Å². The summed E-state index contributed by atoms with van der Waals surface area (Å²) in [4.78, 5) is 2.65. The number of nitrogens with zero attached hydrogens (tertiary/aromatic N) is 1. The molecule has 9 aromatic rings. The average Bonchev–Trinajstić information content (AvgIpc) is 3.83. The minimum atomic E-state index is 0.0289. The summed E-state index contributed by atoms with van der Waals surface area (Å²) in [6.45, 7) is 0. The number of para-hydroxylation sites is 2. The minimum absolute atomic E-state index is 0.0289. The molecule has 9 aromatic carbocycles. The van der Waals surface area contributed by atoms with Gasteiger partial charge in [0.15, 0.2) is 0 Å². The third kappa shape index (κ3) is 4.20. The van der Waals surface area contributed by atoms with Crippen LogP contribution in [0.25, 0.3) is 44.5 Å². The van der Waals surface area contributed by atoms with Crippen LogP contribution in [0.15, 0.2) is 206 Å². The van der Waals surface area contributed by atoms with E-state index in [4.69, 9.17) is 0 Å². The molecule has 4 aliphatic rings. The maximum Gasteiger partial charge on any atom is 0.0591 e. The predicted molar refractivity (Wildman–Crippen MR) is 239 cm³/mol. The number of fused-ring (bicyclic) bond motifs is 12. The maximum atomic E-state index is 2.65. The van der Waals surface area contributed by atoms with Crippen molar-refractivity contribution >= 4 is 17.1 Å². The molecule has 0 radical (unpaired) electrons. The number of hydrogen-bond acceptors (Lipinski definition) is 1. The van der Waals surface area contributed by atoms with Crippen molar-refractivity contribution in [1.29, 1.82) is 0 Å². The monoisotopic (exact) mass is 735 g/mol. The average molecular weight is 736 g/mol. The van der Waals surface area contributed by atoms with E-state index in [2.05, 4.69) is 211 Å². The number of anilines is 3. The van der Waals surface area contributed by atoms with Gasteiger partial charge in [0.05, 0.1) is 17.1 Å². The lowest BCUT2D eigenvalue weighted by molar-refractivity contribution is 0.838. The van der Waals surface area contributed by atoms with Crippen LogP contribution in [-0.4, -0.2) is 0 Å². The molecule has 0 bridgehead atoms. The Kier molecular flexibility index (Phi) is 6.68. The Labute approximate surface area is 339 Å². The van der Waals surface area contributed by atoms with Crippen molar-refractivity contribution in [2.75, 3.05) is 4.90 Å². The molecule has 0 amide bonds. The number of benzene rings is 9. The molecule has 3 atom stereocenters. The van der Waals surface area contributed by atoms with Crippen LogP contribution in [0.1, 0.15) is 67.8 Å². The van der Waals surface area contributed by atoms with Gasteiger partial charge in [0.1, 0.15) is 0 Å². The van der Waals surface area contributed by atoms with E-state index in [0.29, 0.717) is 0 Å². The molecule has 0 aromatic heterocycles. The molecule has 0 saturated heterocycles. The standard InChI is InChI=1S/C57H37N/c1-3-19-35(20-4-1)37-23-7-8-25-39(37)49-40-26-9-10-27-41(40)50-43-29-12-14-31-45(43)53-55(50)54(49)52-44-30-13-11-28-42(44)51-46-32-16-18-34-48(46)58(57(53)56(51)52)47-33-17-15-24-38(47)36-21-5-2-6-22-36/h1-34,49-51H. The number of hydrogen-bond donors (Lipinski definition) is 0. The molecular weight excluding hydrogens is 699 g/mol. The van der Waals surface area contributed by atoms with Crippen LogP contribution in [0, 0.1) is 0 Å². The highest BCUT2D eigenvalue weighted by Gasteiger charge is 2.51. The van der Waals surface area contributed by atoms with E-state index in [1.54, 1.807) is 0 Å². The summed E-state index contributed by atoms with van der Waals surface area (Å²) in [5.74, 6) is 0.252. The fraction of sp³-hybridized carbons (Fsp3) is 0.0526. The zero-order chi connectivity index (χ0) is 37.9. The van der Waals surface area contributed by atoms with Gasteiger partial charge in [-0.15, -0.1) is 0 Å². The van der Waals surface area contributed by atoms with E-state index in [1.807, 2.05) is 0 Å². The van der Waals surface area contributed by atoms with Crippen molar-refractivity contribution < 1.29 is 0 Å². The van der Waals surface area contributed by atoms with E-state index < -0.39 is 0 Å². The first-order valence-electron chi connectivity index (χ1n) is 20.6. The summed E-state index contributed by atoms with van der Waals surface area (Å²) in [7, 11) is 0. The van der Waals surface area contributed by atoms with Gasteiger partial charge in [0.25, 0.3) is 0 Å².